The highest BCUT2D eigenvalue weighted by Crippen LogP contribution is 2.31. The first kappa shape index (κ1) is 13.1. The molecule has 2 nitrogen and oxygen atoms in total. The molecule has 1 N–H and O–H groups in total. The lowest BCUT2D eigenvalue weighted by atomic mass is 9.92. The molecule has 1 aromatic carbocycles. The maximum atomic E-state index is 10.5. The van der Waals surface area contributed by atoms with Crippen molar-refractivity contribution in [3.05, 3.63) is 63.4 Å². The molecule has 0 radical (unpaired) electrons. The van der Waals surface area contributed by atoms with Crippen LogP contribution in [-0.4, -0.2) is 10.1 Å². The zero-order chi connectivity index (χ0) is 13.3. The molecule has 1 heterocycles. The van der Waals surface area contributed by atoms with Crippen LogP contribution in [0.5, 0.6) is 0 Å². The van der Waals surface area contributed by atoms with E-state index in [4.69, 9.17) is 11.6 Å². The van der Waals surface area contributed by atoms with Crippen molar-refractivity contribution in [2.24, 2.45) is 0 Å². The Bertz CT molecular complexity index is 557. The van der Waals surface area contributed by atoms with Crippen molar-refractivity contribution in [1.82, 2.24) is 4.98 Å². The molecule has 18 heavy (non-hydrogen) atoms. The van der Waals surface area contributed by atoms with Gasteiger partial charge in [-0.1, -0.05) is 35.4 Å². The summed E-state index contributed by atoms with van der Waals surface area (Å²) >= 11 is 6.03. The summed E-state index contributed by atoms with van der Waals surface area (Å²) in [5.41, 5.74) is 4.89. The molecule has 0 fully saturated rings. The van der Waals surface area contributed by atoms with Gasteiger partial charge in [-0.2, -0.15) is 0 Å². The maximum Gasteiger partial charge on any atom is 0.135 e. The Hall–Kier alpha value is -1.38. The normalized spacial score (nSPS) is 12.5. The quantitative estimate of drug-likeness (QED) is 0.836. The molecule has 2 rings (SSSR count). The van der Waals surface area contributed by atoms with Gasteiger partial charge in [-0.25, -0.2) is 4.98 Å². The maximum absolute atomic E-state index is 10.5. The topological polar surface area (TPSA) is 33.1 Å². The number of pyridine rings is 1. The number of hydrogen-bond acceptors (Lipinski definition) is 2. The largest absolute Gasteiger partial charge is 0.384 e. The SMILES string of the molecule is Cc1cc(C)c(C(O)c2cccnc2Cl)c(C)c1. The van der Waals surface area contributed by atoms with Gasteiger partial charge in [0.2, 0.25) is 0 Å². The van der Waals surface area contributed by atoms with Gasteiger partial charge >= 0.3 is 0 Å². The Kier molecular flexibility index (Phi) is 3.69. The van der Waals surface area contributed by atoms with Crippen molar-refractivity contribution in [2.75, 3.05) is 0 Å². The van der Waals surface area contributed by atoms with Crippen LogP contribution in [0.2, 0.25) is 5.15 Å². The fourth-order valence-electron chi connectivity index (χ4n) is 2.38. The highest BCUT2D eigenvalue weighted by Gasteiger charge is 2.18. The highest BCUT2D eigenvalue weighted by atomic mass is 35.5. The van der Waals surface area contributed by atoms with Crippen LogP contribution in [0.25, 0.3) is 0 Å². The second-order valence-corrected chi connectivity index (χ2v) is 4.96. The van der Waals surface area contributed by atoms with E-state index < -0.39 is 6.10 Å². The number of aryl methyl sites for hydroxylation is 3. The van der Waals surface area contributed by atoms with Gasteiger partial charge in [0.1, 0.15) is 11.3 Å². The Balaban J connectivity index is 2.53. The summed E-state index contributed by atoms with van der Waals surface area (Å²) in [7, 11) is 0. The number of aliphatic hydroxyl groups excluding tert-OH is 1. The van der Waals surface area contributed by atoms with E-state index in [0.29, 0.717) is 10.7 Å². The van der Waals surface area contributed by atoms with E-state index in [2.05, 4.69) is 17.1 Å². The lowest BCUT2D eigenvalue weighted by molar-refractivity contribution is 0.218. The van der Waals surface area contributed by atoms with Gasteiger partial charge in [-0.05, 0) is 43.5 Å². The van der Waals surface area contributed by atoms with Crippen LogP contribution < -0.4 is 0 Å². The molecule has 0 aliphatic rings. The van der Waals surface area contributed by atoms with Crippen LogP contribution in [-0.2, 0) is 0 Å². The van der Waals surface area contributed by atoms with Crippen molar-refractivity contribution in [3.8, 4) is 0 Å². The Morgan fingerprint density at radius 1 is 1.17 bits per heavy atom. The molecule has 0 bridgehead atoms. The van der Waals surface area contributed by atoms with Gasteiger partial charge in [0, 0.05) is 11.8 Å². The van der Waals surface area contributed by atoms with Gasteiger partial charge in [-0.15, -0.1) is 0 Å². The van der Waals surface area contributed by atoms with Crippen molar-refractivity contribution in [2.45, 2.75) is 26.9 Å². The number of rotatable bonds is 2. The molecule has 2 aromatic rings. The minimum Gasteiger partial charge on any atom is -0.384 e. The first-order valence-electron chi connectivity index (χ1n) is 5.87. The smallest absolute Gasteiger partial charge is 0.135 e. The van der Waals surface area contributed by atoms with Crippen LogP contribution in [0.1, 0.15) is 33.9 Å². The Labute approximate surface area is 112 Å². The molecule has 0 saturated carbocycles. The fraction of sp³-hybridized carbons (Fsp3) is 0.267. The van der Waals surface area contributed by atoms with Gasteiger partial charge < -0.3 is 5.11 Å². The molecule has 1 aromatic heterocycles. The summed E-state index contributed by atoms with van der Waals surface area (Å²) in [5, 5.41) is 10.9. The molecule has 0 spiro atoms. The minimum absolute atomic E-state index is 0.351. The first-order valence-corrected chi connectivity index (χ1v) is 6.24. The van der Waals surface area contributed by atoms with E-state index in [9.17, 15) is 5.11 Å². The summed E-state index contributed by atoms with van der Waals surface area (Å²) in [6.45, 7) is 6.05. The van der Waals surface area contributed by atoms with Crippen molar-refractivity contribution in [1.29, 1.82) is 0 Å². The average molecular weight is 262 g/mol. The fourth-order valence-corrected chi connectivity index (χ4v) is 2.60. The predicted molar refractivity (Wildman–Crippen MR) is 74.0 cm³/mol. The van der Waals surface area contributed by atoms with Gasteiger partial charge in [-0.3, -0.25) is 0 Å². The molecule has 94 valence electrons. The second-order valence-electron chi connectivity index (χ2n) is 4.60. The third-order valence-corrected chi connectivity index (χ3v) is 3.41. The van der Waals surface area contributed by atoms with E-state index in [1.807, 2.05) is 20.8 Å². The van der Waals surface area contributed by atoms with Crippen LogP contribution >= 0.6 is 11.6 Å². The van der Waals surface area contributed by atoms with E-state index >= 15 is 0 Å². The highest BCUT2D eigenvalue weighted by molar-refractivity contribution is 6.30. The lowest BCUT2D eigenvalue weighted by Gasteiger charge is -2.18. The van der Waals surface area contributed by atoms with Crippen LogP contribution in [0.3, 0.4) is 0 Å². The van der Waals surface area contributed by atoms with Crippen molar-refractivity contribution in [3.63, 3.8) is 0 Å². The summed E-state index contributed by atoms with van der Waals surface area (Å²) in [4.78, 5) is 4.01. The summed E-state index contributed by atoms with van der Waals surface area (Å²) in [6.07, 6.45) is 0.889. The Morgan fingerprint density at radius 3 is 2.33 bits per heavy atom. The van der Waals surface area contributed by atoms with E-state index in [1.165, 1.54) is 5.56 Å². The van der Waals surface area contributed by atoms with Gasteiger partial charge in [0.15, 0.2) is 0 Å². The third-order valence-electron chi connectivity index (χ3n) is 3.09. The molecular weight excluding hydrogens is 246 g/mol. The summed E-state index contributed by atoms with van der Waals surface area (Å²) in [6, 6.07) is 7.72. The van der Waals surface area contributed by atoms with Crippen LogP contribution in [0.15, 0.2) is 30.5 Å². The number of nitrogens with zero attached hydrogens (tertiary/aromatic N) is 1. The number of halogens is 1. The lowest BCUT2D eigenvalue weighted by Crippen LogP contribution is -2.06. The number of hydrogen-bond donors (Lipinski definition) is 1. The van der Waals surface area contributed by atoms with Crippen LogP contribution in [0, 0.1) is 20.8 Å². The van der Waals surface area contributed by atoms with Gasteiger partial charge in [0.25, 0.3) is 0 Å². The van der Waals surface area contributed by atoms with E-state index in [-0.39, 0.29) is 0 Å². The molecule has 1 unspecified atom stereocenters. The molecule has 3 heteroatoms. The zero-order valence-electron chi connectivity index (χ0n) is 10.7. The van der Waals surface area contributed by atoms with Gasteiger partial charge in [0.05, 0.1) is 0 Å². The molecule has 0 aliphatic heterocycles. The Morgan fingerprint density at radius 2 is 1.78 bits per heavy atom. The average Bonchev–Trinajstić information content (AvgIpc) is 2.27. The van der Waals surface area contributed by atoms with E-state index in [1.54, 1.807) is 18.3 Å². The summed E-state index contributed by atoms with van der Waals surface area (Å²) in [5.74, 6) is 0. The third kappa shape index (κ3) is 2.40. The molecule has 0 saturated heterocycles. The number of aromatic nitrogens is 1. The molecule has 0 aliphatic carbocycles. The molecular formula is C15H16ClNO. The molecule has 0 amide bonds. The van der Waals surface area contributed by atoms with Crippen molar-refractivity contribution >= 4 is 11.6 Å². The van der Waals surface area contributed by atoms with Crippen molar-refractivity contribution < 1.29 is 5.11 Å². The zero-order valence-corrected chi connectivity index (χ0v) is 11.5. The first-order chi connectivity index (χ1) is 8.50. The van der Waals surface area contributed by atoms with E-state index in [0.717, 1.165) is 16.7 Å². The monoisotopic (exact) mass is 261 g/mol. The predicted octanol–water partition coefficient (Wildman–Crippen LogP) is 3.74. The number of benzene rings is 1. The molecule has 1 atom stereocenters. The summed E-state index contributed by atoms with van der Waals surface area (Å²) < 4.78 is 0. The second kappa shape index (κ2) is 5.09. The standard InChI is InChI=1S/C15H16ClNO/c1-9-7-10(2)13(11(3)8-9)14(18)12-5-4-6-17-15(12)16/h4-8,14,18H,1-3H3. The minimum atomic E-state index is -0.730. The number of aliphatic hydroxyl groups is 1. The van der Waals surface area contributed by atoms with Crippen LogP contribution in [0.4, 0.5) is 0 Å².